The van der Waals surface area contributed by atoms with Crippen molar-refractivity contribution in [3.05, 3.63) is 53.6 Å². The number of hydrogen-bond acceptors (Lipinski definition) is 7. The first-order valence-electron chi connectivity index (χ1n) is 8.73. The lowest BCUT2D eigenvalue weighted by molar-refractivity contribution is -0.123. The van der Waals surface area contributed by atoms with Gasteiger partial charge in [-0.25, -0.2) is 4.90 Å². The quantitative estimate of drug-likeness (QED) is 0.757. The van der Waals surface area contributed by atoms with Crippen LogP contribution in [0.1, 0.15) is 0 Å². The van der Waals surface area contributed by atoms with Crippen LogP contribution in [-0.4, -0.2) is 48.5 Å². The van der Waals surface area contributed by atoms with Crippen molar-refractivity contribution in [3.8, 4) is 5.75 Å². The van der Waals surface area contributed by atoms with Crippen LogP contribution in [0.15, 0.2) is 58.9 Å². The third-order valence-electron chi connectivity index (χ3n) is 4.61. The number of halogens is 1. The van der Waals surface area contributed by atoms with Crippen molar-refractivity contribution in [1.82, 2.24) is 5.01 Å². The Morgan fingerprint density at radius 2 is 1.93 bits per heavy atom. The average molecular weight is 414 g/mol. The number of nitrogens with zero attached hydrogens (tertiary/aromatic N) is 4. The molecule has 1 saturated heterocycles. The second-order valence-corrected chi connectivity index (χ2v) is 6.84. The molecule has 29 heavy (non-hydrogen) atoms. The summed E-state index contributed by atoms with van der Waals surface area (Å²) in [5.74, 6) is -0.981. The van der Waals surface area contributed by atoms with Crippen LogP contribution in [0.4, 0.5) is 11.4 Å². The van der Waals surface area contributed by atoms with E-state index in [-0.39, 0.29) is 17.5 Å². The Labute approximate surface area is 170 Å². The number of amides is 3. The first kappa shape index (κ1) is 18.9. The zero-order valence-electron chi connectivity index (χ0n) is 15.3. The molecule has 1 fully saturated rings. The van der Waals surface area contributed by atoms with Gasteiger partial charge in [0, 0.05) is 5.69 Å². The lowest BCUT2D eigenvalue weighted by atomic mass is 10.1. The molecule has 0 bridgehead atoms. The molecule has 0 spiro atoms. The predicted octanol–water partition coefficient (Wildman–Crippen LogP) is 2.28. The van der Waals surface area contributed by atoms with Gasteiger partial charge < -0.3 is 10.1 Å². The molecule has 1 N–H and O–H groups in total. The van der Waals surface area contributed by atoms with Crippen molar-refractivity contribution in [2.24, 2.45) is 10.3 Å². The smallest absolute Gasteiger partial charge is 0.263 e. The number of para-hydroxylation sites is 1. The highest BCUT2D eigenvalue weighted by Gasteiger charge is 2.55. The van der Waals surface area contributed by atoms with E-state index in [0.29, 0.717) is 17.1 Å². The minimum absolute atomic E-state index is 0.213. The number of imide groups is 1. The third-order valence-corrected chi connectivity index (χ3v) is 4.91. The van der Waals surface area contributed by atoms with Gasteiger partial charge in [-0.05, 0) is 30.3 Å². The summed E-state index contributed by atoms with van der Waals surface area (Å²) < 4.78 is 5.09. The van der Waals surface area contributed by atoms with E-state index in [1.807, 2.05) is 6.07 Å². The Balaban J connectivity index is 1.51. The van der Waals surface area contributed by atoms with E-state index in [2.05, 4.69) is 15.7 Å². The fourth-order valence-electron chi connectivity index (χ4n) is 3.27. The topological polar surface area (TPSA) is 104 Å². The van der Waals surface area contributed by atoms with Crippen molar-refractivity contribution in [1.29, 1.82) is 0 Å². The maximum absolute atomic E-state index is 13.0. The maximum atomic E-state index is 13.0. The molecule has 3 amide bonds. The van der Waals surface area contributed by atoms with E-state index in [0.717, 1.165) is 4.90 Å². The number of carbonyl (C=O) groups is 3. The van der Waals surface area contributed by atoms with Crippen molar-refractivity contribution in [2.75, 3.05) is 23.9 Å². The Hall–Kier alpha value is -3.46. The van der Waals surface area contributed by atoms with E-state index < -0.39 is 23.9 Å². The van der Waals surface area contributed by atoms with Gasteiger partial charge in [0.25, 0.3) is 11.8 Å². The van der Waals surface area contributed by atoms with E-state index in [9.17, 15) is 14.4 Å². The molecule has 2 atom stereocenters. The fourth-order valence-corrected chi connectivity index (χ4v) is 3.52. The number of hydrogen-bond donors (Lipinski definition) is 1. The van der Waals surface area contributed by atoms with Crippen molar-refractivity contribution < 1.29 is 19.1 Å². The van der Waals surface area contributed by atoms with Crippen molar-refractivity contribution in [3.63, 3.8) is 0 Å². The average Bonchev–Trinajstić information content (AvgIpc) is 3.22. The van der Waals surface area contributed by atoms with E-state index in [1.54, 1.807) is 36.4 Å². The highest BCUT2D eigenvalue weighted by molar-refractivity contribution is 6.33. The lowest BCUT2D eigenvalue weighted by Gasteiger charge is -2.20. The summed E-state index contributed by atoms with van der Waals surface area (Å²) in [4.78, 5) is 39.0. The zero-order chi connectivity index (χ0) is 20.5. The molecule has 2 aliphatic rings. The number of anilines is 2. The van der Waals surface area contributed by atoms with Crippen LogP contribution in [-0.2, 0) is 14.4 Å². The zero-order valence-corrected chi connectivity index (χ0v) is 16.0. The van der Waals surface area contributed by atoms with E-state index >= 15 is 0 Å². The number of methoxy groups -OCH3 is 1. The number of rotatable bonds is 5. The van der Waals surface area contributed by atoms with E-state index in [1.165, 1.54) is 18.2 Å². The summed E-state index contributed by atoms with van der Waals surface area (Å²) in [6, 6.07) is 11.5. The summed E-state index contributed by atoms with van der Waals surface area (Å²) in [5, 5.41) is 12.0. The van der Waals surface area contributed by atoms with Crippen molar-refractivity contribution in [2.45, 2.75) is 12.1 Å². The molecule has 4 rings (SSSR count). The molecule has 2 aromatic rings. The SMILES string of the molecule is COc1ccc(N2C(=O)C3N=NN(CC(=O)Nc4ccccc4)C3C2=O)cc1Cl. The van der Waals surface area contributed by atoms with Crippen LogP contribution in [0.3, 0.4) is 0 Å². The van der Waals surface area contributed by atoms with Crippen LogP contribution in [0.2, 0.25) is 5.02 Å². The first-order chi connectivity index (χ1) is 14.0. The van der Waals surface area contributed by atoms with Crippen LogP contribution in [0.5, 0.6) is 5.75 Å². The minimum Gasteiger partial charge on any atom is -0.495 e. The molecule has 0 saturated carbocycles. The number of carbonyl (C=O) groups excluding carboxylic acids is 3. The Morgan fingerprint density at radius 3 is 2.62 bits per heavy atom. The molecule has 0 aliphatic carbocycles. The number of fused-ring (bicyclic) bond motifs is 1. The van der Waals surface area contributed by atoms with Crippen LogP contribution in [0.25, 0.3) is 0 Å². The summed E-state index contributed by atoms with van der Waals surface area (Å²) in [6.45, 7) is -0.213. The van der Waals surface area contributed by atoms with Crippen LogP contribution >= 0.6 is 11.6 Å². The van der Waals surface area contributed by atoms with Gasteiger partial charge in [0.1, 0.15) is 12.3 Å². The molecule has 2 aromatic carbocycles. The number of benzene rings is 2. The predicted molar refractivity (Wildman–Crippen MR) is 105 cm³/mol. The van der Waals surface area contributed by atoms with Gasteiger partial charge in [0.15, 0.2) is 12.1 Å². The van der Waals surface area contributed by atoms with Gasteiger partial charge in [-0.3, -0.25) is 19.4 Å². The first-order valence-corrected chi connectivity index (χ1v) is 9.11. The molecule has 0 radical (unpaired) electrons. The highest BCUT2D eigenvalue weighted by atomic mass is 35.5. The minimum atomic E-state index is -0.993. The van der Waals surface area contributed by atoms with E-state index in [4.69, 9.17) is 16.3 Å². The molecule has 0 aromatic heterocycles. The van der Waals surface area contributed by atoms with Crippen molar-refractivity contribution >= 4 is 40.7 Å². The van der Waals surface area contributed by atoms with Gasteiger partial charge in [0.05, 0.1) is 17.8 Å². The second-order valence-electron chi connectivity index (χ2n) is 6.44. The molecule has 148 valence electrons. The summed E-state index contributed by atoms with van der Waals surface area (Å²) in [6.07, 6.45) is 0. The maximum Gasteiger partial charge on any atom is 0.263 e. The van der Waals surface area contributed by atoms with Crippen LogP contribution in [0, 0.1) is 0 Å². The molecule has 10 heteroatoms. The monoisotopic (exact) mass is 413 g/mol. The molecule has 9 nitrogen and oxygen atoms in total. The number of nitrogens with one attached hydrogen (secondary N) is 1. The lowest BCUT2D eigenvalue weighted by Crippen LogP contribution is -2.43. The van der Waals surface area contributed by atoms with Gasteiger partial charge in [-0.1, -0.05) is 35.0 Å². The Morgan fingerprint density at radius 1 is 1.17 bits per heavy atom. The van der Waals surface area contributed by atoms with Crippen LogP contribution < -0.4 is 15.0 Å². The molecule has 2 unspecified atom stereocenters. The van der Waals surface area contributed by atoms with Gasteiger partial charge in [-0.15, -0.1) is 0 Å². The Bertz CT molecular complexity index is 1010. The van der Waals surface area contributed by atoms with Gasteiger partial charge in [0.2, 0.25) is 5.91 Å². The van der Waals surface area contributed by atoms with Gasteiger partial charge in [-0.2, -0.15) is 5.11 Å². The molecular formula is C19H16ClN5O4. The summed E-state index contributed by atoms with van der Waals surface area (Å²) >= 11 is 6.12. The molecular weight excluding hydrogens is 398 g/mol. The molecule has 2 heterocycles. The fraction of sp³-hybridized carbons (Fsp3) is 0.211. The third kappa shape index (κ3) is 3.40. The number of ether oxygens (including phenoxy) is 1. The highest BCUT2D eigenvalue weighted by Crippen LogP contribution is 2.35. The Kier molecular flexibility index (Phi) is 4.89. The molecule has 2 aliphatic heterocycles. The summed E-state index contributed by atoms with van der Waals surface area (Å²) in [7, 11) is 1.47. The normalized spacial score (nSPS) is 20.2. The standard InChI is InChI=1S/C19H16ClN5O4/c1-29-14-8-7-12(9-13(14)20)25-18(27)16-17(19(25)28)24(23-22-16)10-15(26)21-11-5-3-2-4-6-11/h2-9,16-17H,10H2,1H3,(H,21,26). The largest absolute Gasteiger partial charge is 0.495 e. The van der Waals surface area contributed by atoms with Gasteiger partial charge >= 0.3 is 0 Å². The second kappa shape index (κ2) is 7.51. The summed E-state index contributed by atoms with van der Waals surface area (Å²) in [5.41, 5.74) is 0.928.